The van der Waals surface area contributed by atoms with E-state index in [2.05, 4.69) is 16.8 Å². The summed E-state index contributed by atoms with van der Waals surface area (Å²) in [5, 5.41) is 0. The fourth-order valence-corrected chi connectivity index (χ4v) is 5.79. The van der Waals surface area contributed by atoms with Crippen LogP contribution in [0.1, 0.15) is 20.3 Å². The zero-order valence-corrected chi connectivity index (χ0v) is 15.4. The minimum Gasteiger partial charge on any atom is -0.379 e. The largest absolute Gasteiger partial charge is 0.501 e. The average molecular weight is 333 g/mol. The minimum atomic E-state index is -2.54. The Balaban J connectivity index is 1.95. The maximum atomic E-state index is 6.40. The average Bonchev–Trinajstić information content (AvgIpc) is 2.47. The van der Waals surface area contributed by atoms with Crippen molar-refractivity contribution in [3.63, 3.8) is 0 Å². The van der Waals surface area contributed by atoms with Crippen LogP contribution in [0.2, 0.25) is 6.04 Å². The van der Waals surface area contributed by atoms with Crippen LogP contribution in [0.5, 0.6) is 0 Å². The van der Waals surface area contributed by atoms with Gasteiger partial charge in [-0.1, -0.05) is 0 Å². The van der Waals surface area contributed by atoms with E-state index in [0.717, 1.165) is 51.8 Å². The van der Waals surface area contributed by atoms with E-state index in [-0.39, 0.29) is 6.10 Å². The van der Waals surface area contributed by atoms with Gasteiger partial charge in [0.1, 0.15) is 0 Å². The molecule has 2 fully saturated rings. The molecule has 0 aliphatic carbocycles. The van der Waals surface area contributed by atoms with Crippen LogP contribution in [0.4, 0.5) is 0 Å². The number of hydrogen-bond donors (Lipinski definition) is 0. The van der Waals surface area contributed by atoms with Gasteiger partial charge in [0, 0.05) is 58.6 Å². The number of nitrogens with zero attached hydrogens (tertiary/aromatic N) is 2. The third-order valence-corrected chi connectivity index (χ3v) is 7.32. The highest BCUT2D eigenvalue weighted by molar-refractivity contribution is 6.60. The molecule has 0 radical (unpaired) electrons. The zero-order chi connectivity index (χ0) is 15.8. The molecule has 1 atom stereocenters. The molecule has 0 spiro atoms. The third-order valence-electron chi connectivity index (χ3n) is 4.21. The third kappa shape index (κ3) is 5.56. The summed E-state index contributed by atoms with van der Waals surface area (Å²) in [5.41, 5.74) is 0. The molecule has 0 aromatic carbocycles. The fourth-order valence-electron chi connectivity index (χ4n) is 3.05. The lowest BCUT2D eigenvalue weighted by atomic mass is 10.3. The van der Waals surface area contributed by atoms with E-state index in [9.17, 15) is 0 Å². The fraction of sp³-hybridized carbons (Fsp3) is 1.00. The molecule has 2 heterocycles. The van der Waals surface area contributed by atoms with Crippen molar-refractivity contribution in [2.45, 2.75) is 32.4 Å². The van der Waals surface area contributed by atoms with Crippen molar-refractivity contribution in [2.75, 3.05) is 66.2 Å². The quantitative estimate of drug-likeness (QED) is 0.678. The van der Waals surface area contributed by atoms with Crippen molar-refractivity contribution in [1.82, 2.24) is 9.80 Å². The summed E-state index contributed by atoms with van der Waals surface area (Å²) < 4.78 is 24.1. The zero-order valence-electron chi connectivity index (χ0n) is 14.4. The smallest absolute Gasteiger partial charge is 0.379 e. The molecule has 2 aliphatic heterocycles. The van der Waals surface area contributed by atoms with Crippen LogP contribution < -0.4 is 0 Å². The standard InChI is InChI=1S/C15H32N2O4Si/c1-4-19-22(20-5-2)12-6-11-18-14-15(21-22)13-17-9-7-16(3)8-10-17/h15H,4-14H2,1-3H3. The number of ether oxygens (including phenoxy) is 1. The van der Waals surface area contributed by atoms with Gasteiger partial charge in [-0.25, -0.2) is 0 Å². The van der Waals surface area contributed by atoms with Gasteiger partial charge in [0.2, 0.25) is 0 Å². The van der Waals surface area contributed by atoms with Crippen molar-refractivity contribution in [3.8, 4) is 0 Å². The van der Waals surface area contributed by atoms with Gasteiger partial charge in [0.05, 0.1) is 12.7 Å². The van der Waals surface area contributed by atoms with E-state index in [1.165, 1.54) is 0 Å². The van der Waals surface area contributed by atoms with Crippen LogP contribution in [0, 0.1) is 0 Å². The van der Waals surface area contributed by atoms with Gasteiger partial charge < -0.3 is 22.9 Å². The Morgan fingerprint density at radius 2 is 1.77 bits per heavy atom. The molecule has 2 saturated heterocycles. The SMILES string of the molecule is CCO[Si]1(OCC)CCCOCC(CN2CCN(C)CC2)O1. The number of hydrogen-bond acceptors (Lipinski definition) is 6. The first kappa shape index (κ1) is 18.3. The Bertz CT molecular complexity index is 308. The highest BCUT2D eigenvalue weighted by atomic mass is 28.4. The molecule has 6 nitrogen and oxygen atoms in total. The molecule has 130 valence electrons. The van der Waals surface area contributed by atoms with Crippen molar-refractivity contribution in [1.29, 1.82) is 0 Å². The summed E-state index contributed by atoms with van der Waals surface area (Å²) in [6.07, 6.45) is 1.00. The van der Waals surface area contributed by atoms with E-state index in [1.807, 2.05) is 13.8 Å². The predicted molar refractivity (Wildman–Crippen MR) is 88.1 cm³/mol. The summed E-state index contributed by atoms with van der Waals surface area (Å²) in [7, 11) is -0.368. The Morgan fingerprint density at radius 1 is 1.09 bits per heavy atom. The summed E-state index contributed by atoms with van der Waals surface area (Å²) in [6.45, 7) is 12.1. The second-order valence-corrected chi connectivity index (χ2v) is 8.75. The summed E-state index contributed by atoms with van der Waals surface area (Å²) >= 11 is 0. The first-order valence-corrected chi connectivity index (χ1v) is 10.5. The Kier molecular flexibility index (Phi) is 7.76. The molecule has 0 saturated carbocycles. The number of likely N-dealkylation sites (N-methyl/N-ethyl adjacent to an activating group) is 1. The van der Waals surface area contributed by atoms with Crippen LogP contribution in [0.3, 0.4) is 0 Å². The number of piperazine rings is 1. The molecule has 22 heavy (non-hydrogen) atoms. The van der Waals surface area contributed by atoms with E-state index in [0.29, 0.717) is 19.8 Å². The van der Waals surface area contributed by atoms with Gasteiger partial charge in [-0.05, 0) is 27.3 Å². The maximum Gasteiger partial charge on any atom is 0.501 e. The molecule has 7 heteroatoms. The van der Waals surface area contributed by atoms with Crippen molar-refractivity contribution in [2.24, 2.45) is 0 Å². The van der Waals surface area contributed by atoms with Gasteiger partial charge in [-0.2, -0.15) is 0 Å². The second kappa shape index (κ2) is 9.32. The number of rotatable bonds is 6. The monoisotopic (exact) mass is 332 g/mol. The van der Waals surface area contributed by atoms with Gasteiger partial charge in [0.15, 0.2) is 0 Å². The van der Waals surface area contributed by atoms with Crippen LogP contribution in [-0.4, -0.2) is 90.9 Å². The first-order valence-electron chi connectivity index (χ1n) is 8.62. The highest BCUT2D eigenvalue weighted by Gasteiger charge is 2.43. The van der Waals surface area contributed by atoms with Gasteiger partial charge in [-0.3, -0.25) is 4.90 Å². The molecular weight excluding hydrogens is 300 g/mol. The lowest BCUT2D eigenvalue weighted by Crippen LogP contribution is -2.54. The van der Waals surface area contributed by atoms with Crippen LogP contribution in [0.25, 0.3) is 0 Å². The molecule has 2 rings (SSSR count). The lowest BCUT2D eigenvalue weighted by molar-refractivity contribution is -0.0397. The Morgan fingerprint density at radius 3 is 2.41 bits per heavy atom. The lowest BCUT2D eigenvalue weighted by Gasteiger charge is -2.38. The normalized spacial score (nSPS) is 28.2. The summed E-state index contributed by atoms with van der Waals surface area (Å²) in [5.74, 6) is 0. The van der Waals surface area contributed by atoms with E-state index < -0.39 is 8.80 Å². The molecular formula is C15H32N2O4Si. The van der Waals surface area contributed by atoms with Crippen LogP contribution in [-0.2, 0) is 18.0 Å². The summed E-state index contributed by atoms with van der Waals surface area (Å²) in [6, 6.07) is 0.855. The van der Waals surface area contributed by atoms with Gasteiger partial charge in [-0.15, -0.1) is 0 Å². The Labute approximate surface area is 136 Å². The van der Waals surface area contributed by atoms with E-state index in [1.54, 1.807) is 0 Å². The molecule has 2 aliphatic rings. The van der Waals surface area contributed by atoms with E-state index in [4.69, 9.17) is 18.0 Å². The molecule has 0 aromatic heterocycles. The molecule has 0 N–H and O–H groups in total. The van der Waals surface area contributed by atoms with Crippen molar-refractivity contribution >= 4 is 8.80 Å². The Hall–Kier alpha value is -0.0231. The second-order valence-electron chi connectivity index (χ2n) is 6.07. The highest BCUT2D eigenvalue weighted by Crippen LogP contribution is 2.23. The van der Waals surface area contributed by atoms with Crippen molar-refractivity contribution in [3.05, 3.63) is 0 Å². The minimum absolute atomic E-state index is 0.0495. The molecule has 0 bridgehead atoms. The van der Waals surface area contributed by atoms with Gasteiger partial charge >= 0.3 is 8.80 Å². The summed E-state index contributed by atoms with van der Waals surface area (Å²) in [4.78, 5) is 4.83. The molecule has 1 unspecified atom stereocenters. The van der Waals surface area contributed by atoms with Crippen molar-refractivity contribution < 1.29 is 18.0 Å². The van der Waals surface area contributed by atoms with E-state index >= 15 is 0 Å². The topological polar surface area (TPSA) is 43.4 Å². The predicted octanol–water partition coefficient (Wildman–Crippen LogP) is 1.05. The van der Waals surface area contributed by atoms with Crippen LogP contribution in [0.15, 0.2) is 0 Å². The van der Waals surface area contributed by atoms with Gasteiger partial charge in [0.25, 0.3) is 0 Å². The maximum absolute atomic E-state index is 6.40. The first-order chi connectivity index (χ1) is 10.7. The molecule has 0 amide bonds. The van der Waals surface area contributed by atoms with Crippen LogP contribution >= 0.6 is 0 Å². The molecule has 0 aromatic rings.